The molecule has 154 valence electrons. The number of carbonyl (C=O) groups is 2. The van der Waals surface area contributed by atoms with Gasteiger partial charge in [-0.05, 0) is 23.1 Å². The molecule has 0 fully saturated rings. The Balaban J connectivity index is 2.34. The lowest BCUT2D eigenvalue weighted by Crippen LogP contribution is -2.50. The third-order valence-corrected chi connectivity index (χ3v) is 5.82. The van der Waals surface area contributed by atoms with Gasteiger partial charge in [0.25, 0.3) is 10.0 Å². The fraction of sp³-hybridized carbons (Fsp3) is 0.238. The second-order valence-corrected chi connectivity index (χ2v) is 8.22. The van der Waals surface area contributed by atoms with E-state index in [2.05, 4.69) is 5.32 Å². The summed E-state index contributed by atoms with van der Waals surface area (Å²) >= 11 is 0. The number of urea groups is 1. The van der Waals surface area contributed by atoms with E-state index in [1.54, 1.807) is 74.5 Å². The lowest BCUT2D eigenvalue weighted by atomic mass is 10.00. The highest BCUT2D eigenvalue weighted by molar-refractivity contribution is 7.99. The number of hydrogen-bond acceptors (Lipinski definition) is 4. The lowest BCUT2D eigenvalue weighted by Gasteiger charge is -2.20. The monoisotopic (exact) mass is 416 g/mol. The van der Waals surface area contributed by atoms with E-state index in [0.717, 1.165) is 0 Å². The molecular formula is C21H24N2O5S. The van der Waals surface area contributed by atoms with E-state index in [4.69, 9.17) is 0 Å². The minimum Gasteiger partial charge on any atom is -0.480 e. The quantitative estimate of drug-likeness (QED) is 0.572. The van der Waals surface area contributed by atoms with Crippen molar-refractivity contribution in [1.82, 2.24) is 10.0 Å². The summed E-state index contributed by atoms with van der Waals surface area (Å²) in [6, 6.07) is 14.9. The van der Waals surface area contributed by atoms with Crippen molar-refractivity contribution in [2.75, 3.05) is 0 Å². The number of benzene rings is 2. The van der Waals surface area contributed by atoms with Crippen LogP contribution >= 0.6 is 0 Å². The third-order valence-electron chi connectivity index (χ3n) is 4.44. The summed E-state index contributed by atoms with van der Waals surface area (Å²) in [5, 5.41) is 11.5. The van der Waals surface area contributed by atoms with Crippen LogP contribution in [0.3, 0.4) is 0 Å². The second-order valence-electron chi connectivity index (χ2n) is 6.57. The Kier molecular flexibility index (Phi) is 7.55. The van der Waals surface area contributed by atoms with Crippen LogP contribution in [0.2, 0.25) is 0 Å². The molecule has 2 atom stereocenters. The Morgan fingerprint density at radius 1 is 1.03 bits per heavy atom. The van der Waals surface area contributed by atoms with E-state index >= 15 is 0 Å². The Labute approximate surface area is 170 Å². The van der Waals surface area contributed by atoms with Crippen molar-refractivity contribution in [3.63, 3.8) is 0 Å². The number of hydrogen-bond donors (Lipinski definition) is 3. The van der Waals surface area contributed by atoms with E-state index in [9.17, 15) is 23.1 Å². The maximum absolute atomic E-state index is 12.9. The van der Waals surface area contributed by atoms with Gasteiger partial charge in [0, 0.05) is 0 Å². The SMILES string of the molecule is CCC(C)C(NC(=O)NS(=O)(=O)C(=Cc1ccccc1)c1ccccc1)C(=O)O. The van der Waals surface area contributed by atoms with Crippen molar-refractivity contribution in [2.24, 2.45) is 5.92 Å². The average Bonchev–Trinajstić information content (AvgIpc) is 2.70. The Hall–Kier alpha value is -3.13. The maximum atomic E-state index is 12.9. The summed E-state index contributed by atoms with van der Waals surface area (Å²) < 4.78 is 27.8. The van der Waals surface area contributed by atoms with Gasteiger partial charge in [-0.2, -0.15) is 0 Å². The first-order valence-electron chi connectivity index (χ1n) is 9.13. The number of sulfonamides is 1. The van der Waals surface area contributed by atoms with Crippen LogP contribution in [0, 0.1) is 5.92 Å². The maximum Gasteiger partial charge on any atom is 0.329 e. The van der Waals surface area contributed by atoms with E-state index in [0.29, 0.717) is 17.5 Å². The summed E-state index contributed by atoms with van der Waals surface area (Å²) in [7, 11) is -4.27. The molecular weight excluding hydrogens is 392 g/mol. The smallest absolute Gasteiger partial charge is 0.329 e. The summed E-state index contributed by atoms with van der Waals surface area (Å²) in [4.78, 5) is 23.6. The Morgan fingerprint density at radius 2 is 1.59 bits per heavy atom. The summed E-state index contributed by atoms with van der Waals surface area (Å²) in [5.74, 6) is -1.59. The first kappa shape index (κ1) is 22.2. The number of carboxylic acids is 1. The minimum absolute atomic E-state index is 0.102. The largest absolute Gasteiger partial charge is 0.480 e. The fourth-order valence-corrected chi connectivity index (χ4v) is 3.80. The van der Waals surface area contributed by atoms with Gasteiger partial charge in [-0.1, -0.05) is 80.9 Å². The van der Waals surface area contributed by atoms with Crippen LogP contribution in [0.15, 0.2) is 60.7 Å². The molecule has 3 N–H and O–H groups in total. The number of nitrogens with one attached hydrogen (secondary N) is 2. The third kappa shape index (κ3) is 6.18. The van der Waals surface area contributed by atoms with Crippen LogP contribution in [0.25, 0.3) is 11.0 Å². The zero-order valence-corrected chi connectivity index (χ0v) is 17.0. The van der Waals surface area contributed by atoms with E-state index < -0.39 is 28.1 Å². The van der Waals surface area contributed by atoms with Gasteiger partial charge in [0.15, 0.2) is 0 Å². The van der Waals surface area contributed by atoms with Crippen molar-refractivity contribution >= 4 is 33.0 Å². The van der Waals surface area contributed by atoms with Crippen molar-refractivity contribution < 1.29 is 23.1 Å². The van der Waals surface area contributed by atoms with Crippen LogP contribution in [-0.4, -0.2) is 31.6 Å². The molecule has 2 rings (SSSR count). The molecule has 2 aromatic rings. The zero-order valence-electron chi connectivity index (χ0n) is 16.2. The van der Waals surface area contributed by atoms with Crippen LogP contribution in [0.4, 0.5) is 4.79 Å². The van der Waals surface area contributed by atoms with Crippen molar-refractivity contribution in [2.45, 2.75) is 26.3 Å². The first-order chi connectivity index (χ1) is 13.7. The molecule has 0 radical (unpaired) electrons. The number of amides is 2. The van der Waals surface area contributed by atoms with E-state index in [1.165, 1.54) is 6.08 Å². The molecule has 0 aliphatic rings. The van der Waals surface area contributed by atoms with Crippen LogP contribution in [0.5, 0.6) is 0 Å². The van der Waals surface area contributed by atoms with Gasteiger partial charge >= 0.3 is 12.0 Å². The number of rotatable bonds is 8. The van der Waals surface area contributed by atoms with Crippen LogP contribution in [0.1, 0.15) is 31.4 Å². The van der Waals surface area contributed by atoms with Crippen molar-refractivity contribution in [3.8, 4) is 0 Å². The van der Waals surface area contributed by atoms with Gasteiger partial charge in [-0.3, -0.25) is 0 Å². The topological polar surface area (TPSA) is 113 Å². The molecule has 29 heavy (non-hydrogen) atoms. The van der Waals surface area contributed by atoms with Crippen molar-refractivity contribution in [3.05, 3.63) is 71.8 Å². The molecule has 0 bridgehead atoms. The molecule has 2 amide bonds. The van der Waals surface area contributed by atoms with Gasteiger partial charge in [-0.15, -0.1) is 0 Å². The highest BCUT2D eigenvalue weighted by Gasteiger charge is 2.28. The molecule has 2 unspecified atom stereocenters. The molecule has 0 spiro atoms. The molecule has 0 aromatic heterocycles. The average molecular weight is 416 g/mol. The van der Waals surface area contributed by atoms with Gasteiger partial charge in [0.2, 0.25) is 0 Å². The molecule has 0 aliphatic carbocycles. The predicted molar refractivity (Wildman–Crippen MR) is 112 cm³/mol. The Bertz CT molecular complexity index is 973. The molecule has 8 heteroatoms. The van der Waals surface area contributed by atoms with E-state index in [-0.39, 0.29) is 10.8 Å². The molecule has 0 saturated heterocycles. The molecule has 2 aromatic carbocycles. The second kappa shape index (κ2) is 9.88. The summed E-state index contributed by atoms with van der Waals surface area (Å²) in [5.41, 5.74) is 1.04. The van der Waals surface area contributed by atoms with Gasteiger partial charge in [0.1, 0.15) is 6.04 Å². The molecule has 0 aliphatic heterocycles. The van der Waals surface area contributed by atoms with Crippen LogP contribution in [-0.2, 0) is 14.8 Å². The standard InChI is InChI=1S/C21H24N2O5S/c1-3-15(2)19(20(24)25)22-21(26)23-29(27,28)18(17-12-8-5-9-13-17)14-16-10-6-4-7-11-16/h4-15,19H,3H2,1-2H3,(H,24,25)(H2,22,23,26). The predicted octanol–water partition coefficient (Wildman–Crippen LogP) is 3.31. The van der Waals surface area contributed by atoms with Gasteiger partial charge in [0.05, 0.1) is 4.91 Å². The molecule has 0 saturated carbocycles. The minimum atomic E-state index is -4.27. The molecule has 7 nitrogen and oxygen atoms in total. The first-order valence-corrected chi connectivity index (χ1v) is 10.6. The highest BCUT2D eigenvalue weighted by atomic mass is 32.2. The number of carbonyl (C=O) groups excluding carboxylic acids is 1. The van der Waals surface area contributed by atoms with Gasteiger partial charge < -0.3 is 10.4 Å². The summed E-state index contributed by atoms with van der Waals surface area (Å²) in [6.45, 7) is 3.45. The Morgan fingerprint density at radius 3 is 2.10 bits per heavy atom. The lowest BCUT2D eigenvalue weighted by molar-refractivity contribution is -0.140. The van der Waals surface area contributed by atoms with Crippen LogP contribution < -0.4 is 10.0 Å². The number of aliphatic carboxylic acids is 1. The normalized spacial score (nSPS) is 13.9. The zero-order chi connectivity index (χ0) is 21.4. The van der Waals surface area contributed by atoms with E-state index in [1.807, 2.05) is 4.72 Å². The fourth-order valence-electron chi connectivity index (χ4n) is 2.65. The molecule has 0 heterocycles. The number of carboxylic acid groups (broad SMARTS) is 1. The summed E-state index contributed by atoms with van der Waals surface area (Å²) in [6.07, 6.45) is 1.96. The van der Waals surface area contributed by atoms with Gasteiger partial charge in [-0.25, -0.2) is 22.7 Å². The van der Waals surface area contributed by atoms with Crippen molar-refractivity contribution in [1.29, 1.82) is 0 Å². The highest BCUT2D eigenvalue weighted by Crippen LogP contribution is 2.23.